The van der Waals surface area contributed by atoms with Crippen LogP contribution in [0.5, 0.6) is 5.75 Å². The molecule has 280 valence electrons. The van der Waals surface area contributed by atoms with Crippen molar-refractivity contribution >= 4 is 11.0 Å². The Morgan fingerprint density at radius 2 is 1.16 bits per heavy atom. The van der Waals surface area contributed by atoms with Crippen molar-refractivity contribution < 1.29 is 5.11 Å². The van der Waals surface area contributed by atoms with Gasteiger partial charge in [0.2, 0.25) is 0 Å². The van der Waals surface area contributed by atoms with Gasteiger partial charge in [-0.15, -0.1) is 0 Å². The van der Waals surface area contributed by atoms with Crippen LogP contribution in [0.15, 0.2) is 182 Å². The summed E-state index contributed by atoms with van der Waals surface area (Å²) in [6.45, 7) is 9.18. The number of nitrogens with zero attached hydrogens (tertiary/aromatic N) is 3. The van der Waals surface area contributed by atoms with Gasteiger partial charge in [-0.05, 0) is 87.0 Å². The Morgan fingerprint density at radius 1 is 0.517 bits per heavy atom. The van der Waals surface area contributed by atoms with Crippen LogP contribution in [0, 0.1) is 0 Å². The molecule has 0 radical (unpaired) electrons. The Bertz CT molecular complexity index is 3010. The number of phenolic OH excluding ortho intramolecular Hbond substituents is 1. The number of para-hydroxylation sites is 3. The van der Waals surface area contributed by atoms with Crippen molar-refractivity contribution in [2.24, 2.45) is 0 Å². The standard InChI is InChI=1S/C54H43N3O/c1-53(2,38-20-9-6-10-21-38)39-31-36(30-37(32-39)47-33-44-42-23-11-14-26-45(42)54(3,4)46(44)34-55-47)41-25-17-28-49-51(41)56-52(43-24-13-16-29-50(43)58)57(49)48-27-15-12-22-40(48)35-18-7-5-8-19-35/h5-34,58H,1-4H3. The molecule has 4 heteroatoms. The number of aromatic hydroxyl groups is 1. The van der Waals surface area contributed by atoms with Crippen molar-refractivity contribution in [3.8, 4) is 67.5 Å². The summed E-state index contributed by atoms with van der Waals surface area (Å²) in [6.07, 6.45) is 2.09. The maximum Gasteiger partial charge on any atom is 0.149 e. The van der Waals surface area contributed by atoms with E-state index in [2.05, 4.69) is 184 Å². The highest BCUT2D eigenvalue weighted by Gasteiger charge is 2.36. The number of benzene rings is 7. The summed E-state index contributed by atoms with van der Waals surface area (Å²) in [5.41, 5.74) is 16.7. The number of imidazole rings is 1. The molecule has 0 bridgehead atoms. The minimum Gasteiger partial charge on any atom is -0.507 e. The summed E-state index contributed by atoms with van der Waals surface area (Å²) < 4.78 is 2.20. The predicted molar refractivity (Wildman–Crippen MR) is 238 cm³/mol. The van der Waals surface area contributed by atoms with Gasteiger partial charge >= 0.3 is 0 Å². The van der Waals surface area contributed by atoms with Crippen LogP contribution in [0.4, 0.5) is 0 Å². The summed E-state index contributed by atoms with van der Waals surface area (Å²) >= 11 is 0. The molecule has 2 aromatic heterocycles. The molecule has 10 rings (SSSR count). The van der Waals surface area contributed by atoms with Gasteiger partial charge in [0.05, 0.1) is 28.0 Å². The zero-order valence-electron chi connectivity index (χ0n) is 33.1. The molecule has 0 amide bonds. The highest BCUT2D eigenvalue weighted by atomic mass is 16.3. The summed E-state index contributed by atoms with van der Waals surface area (Å²) in [6, 6.07) is 61.5. The molecule has 1 N–H and O–H groups in total. The largest absolute Gasteiger partial charge is 0.507 e. The van der Waals surface area contributed by atoms with Crippen molar-refractivity contribution in [3.63, 3.8) is 0 Å². The quantitative estimate of drug-likeness (QED) is 0.176. The maximum atomic E-state index is 11.3. The lowest BCUT2D eigenvalue weighted by Gasteiger charge is -2.27. The van der Waals surface area contributed by atoms with Crippen molar-refractivity contribution in [1.82, 2.24) is 14.5 Å². The first-order valence-corrected chi connectivity index (χ1v) is 20.0. The maximum absolute atomic E-state index is 11.3. The molecule has 0 saturated heterocycles. The lowest BCUT2D eigenvalue weighted by atomic mass is 9.76. The van der Waals surface area contributed by atoms with Crippen molar-refractivity contribution in [2.75, 3.05) is 0 Å². The van der Waals surface area contributed by atoms with Gasteiger partial charge in [0.25, 0.3) is 0 Å². The van der Waals surface area contributed by atoms with Crippen molar-refractivity contribution in [2.45, 2.75) is 38.5 Å². The van der Waals surface area contributed by atoms with E-state index >= 15 is 0 Å². The number of rotatable bonds is 7. The van der Waals surface area contributed by atoms with Crippen LogP contribution in [-0.2, 0) is 10.8 Å². The zero-order valence-corrected chi connectivity index (χ0v) is 33.1. The average molecular weight is 750 g/mol. The lowest BCUT2D eigenvalue weighted by molar-refractivity contribution is 0.477. The highest BCUT2D eigenvalue weighted by molar-refractivity contribution is 5.98. The molecule has 58 heavy (non-hydrogen) atoms. The van der Waals surface area contributed by atoms with Crippen LogP contribution in [0.2, 0.25) is 0 Å². The van der Waals surface area contributed by atoms with E-state index < -0.39 is 0 Å². The van der Waals surface area contributed by atoms with Gasteiger partial charge in [-0.2, -0.15) is 0 Å². The van der Waals surface area contributed by atoms with Gasteiger partial charge in [0, 0.05) is 33.7 Å². The van der Waals surface area contributed by atoms with E-state index in [1.807, 2.05) is 24.3 Å². The van der Waals surface area contributed by atoms with Gasteiger partial charge in [0.15, 0.2) is 0 Å². The van der Waals surface area contributed by atoms with Gasteiger partial charge < -0.3 is 5.11 Å². The fourth-order valence-electron chi connectivity index (χ4n) is 9.01. The third-order valence-electron chi connectivity index (χ3n) is 12.3. The average Bonchev–Trinajstić information content (AvgIpc) is 3.76. The van der Waals surface area contributed by atoms with E-state index in [1.165, 1.54) is 33.4 Å². The molecule has 0 saturated carbocycles. The van der Waals surface area contributed by atoms with Crippen molar-refractivity contribution in [1.29, 1.82) is 0 Å². The summed E-state index contributed by atoms with van der Waals surface area (Å²) in [5.74, 6) is 0.852. The first kappa shape index (κ1) is 35.4. The Balaban J connectivity index is 1.23. The Hall–Kier alpha value is -7.04. The summed E-state index contributed by atoms with van der Waals surface area (Å²) in [4.78, 5) is 10.6. The number of pyridine rings is 1. The molecule has 0 atom stereocenters. The first-order chi connectivity index (χ1) is 28.2. The zero-order chi connectivity index (χ0) is 39.6. The molecule has 1 aliphatic carbocycles. The topological polar surface area (TPSA) is 50.9 Å². The van der Waals surface area contributed by atoms with E-state index in [1.54, 1.807) is 6.07 Å². The smallest absolute Gasteiger partial charge is 0.149 e. The third kappa shape index (κ3) is 5.67. The molecule has 4 nitrogen and oxygen atoms in total. The molecular formula is C54H43N3O. The lowest BCUT2D eigenvalue weighted by Crippen LogP contribution is -2.19. The number of fused-ring (bicyclic) bond motifs is 4. The van der Waals surface area contributed by atoms with E-state index in [-0.39, 0.29) is 16.6 Å². The van der Waals surface area contributed by atoms with E-state index in [9.17, 15) is 5.11 Å². The molecule has 2 heterocycles. The SMILES string of the molecule is CC(C)(c1ccccc1)c1cc(-c2cc3c(cn2)C(C)(C)c2ccccc2-3)cc(-c2cccc3c2nc(-c2ccccc2O)n3-c2ccccc2-c2ccccc2)c1. The minimum absolute atomic E-state index is 0.127. The fraction of sp³-hybridized carbons (Fsp3) is 0.111. The van der Waals surface area contributed by atoms with E-state index in [0.29, 0.717) is 11.4 Å². The Labute approximate surface area is 339 Å². The fourth-order valence-corrected chi connectivity index (χ4v) is 9.01. The number of hydrogen-bond acceptors (Lipinski definition) is 3. The van der Waals surface area contributed by atoms with Crippen LogP contribution in [0.25, 0.3) is 72.7 Å². The second-order valence-electron chi connectivity index (χ2n) is 16.4. The molecule has 0 unspecified atom stereocenters. The van der Waals surface area contributed by atoms with Gasteiger partial charge in [-0.3, -0.25) is 9.55 Å². The van der Waals surface area contributed by atoms with Gasteiger partial charge in [0.1, 0.15) is 11.6 Å². The number of aromatic nitrogens is 3. The van der Waals surface area contributed by atoms with Crippen LogP contribution in [0.1, 0.15) is 49.9 Å². The third-order valence-corrected chi connectivity index (χ3v) is 12.3. The summed E-state index contributed by atoms with van der Waals surface area (Å²) in [5, 5.41) is 11.3. The Morgan fingerprint density at radius 3 is 1.93 bits per heavy atom. The molecule has 1 aliphatic rings. The number of phenols is 1. The van der Waals surface area contributed by atoms with Gasteiger partial charge in [-0.25, -0.2) is 4.98 Å². The number of hydrogen-bond donors (Lipinski definition) is 1. The Kier molecular flexibility index (Phi) is 8.27. The van der Waals surface area contributed by atoms with Gasteiger partial charge in [-0.1, -0.05) is 161 Å². The predicted octanol–water partition coefficient (Wildman–Crippen LogP) is 13.4. The highest BCUT2D eigenvalue weighted by Crippen LogP contribution is 2.49. The molecule has 0 spiro atoms. The monoisotopic (exact) mass is 749 g/mol. The van der Waals surface area contributed by atoms with Crippen LogP contribution < -0.4 is 0 Å². The first-order valence-electron chi connectivity index (χ1n) is 20.0. The summed E-state index contributed by atoms with van der Waals surface area (Å²) in [7, 11) is 0. The molecule has 0 fully saturated rings. The minimum atomic E-state index is -0.319. The van der Waals surface area contributed by atoms with Crippen LogP contribution in [-0.4, -0.2) is 19.6 Å². The normalized spacial score (nSPS) is 13.0. The second kappa shape index (κ2) is 13.6. The molecular weight excluding hydrogens is 707 g/mol. The second-order valence-corrected chi connectivity index (χ2v) is 16.4. The van der Waals surface area contributed by atoms with Crippen molar-refractivity contribution in [3.05, 3.63) is 204 Å². The van der Waals surface area contributed by atoms with E-state index in [4.69, 9.17) is 9.97 Å². The van der Waals surface area contributed by atoms with E-state index in [0.717, 1.165) is 50.2 Å². The van der Waals surface area contributed by atoms with Crippen LogP contribution >= 0.6 is 0 Å². The molecule has 0 aliphatic heterocycles. The van der Waals surface area contributed by atoms with Crippen LogP contribution in [0.3, 0.4) is 0 Å². The molecule has 7 aromatic carbocycles. The molecule has 9 aromatic rings.